The van der Waals surface area contributed by atoms with E-state index in [4.69, 9.17) is 0 Å². The van der Waals surface area contributed by atoms with Crippen molar-refractivity contribution in [1.29, 1.82) is 0 Å². The molecule has 3 heterocycles. The smallest absolute Gasteiger partial charge is 0.277 e. The van der Waals surface area contributed by atoms with E-state index in [9.17, 15) is 4.79 Å². The second-order valence-electron chi connectivity index (χ2n) is 7.10. The van der Waals surface area contributed by atoms with Gasteiger partial charge in [0.25, 0.3) is 5.91 Å². The van der Waals surface area contributed by atoms with Crippen LogP contribution in [-0.2, 0) is 6.42 Å². The monoisotopic (exact) mass is 336 g/mol. The van der Waals surface area contributed by atoms with Crippen LogP contribution in [-0.4, -0.2) is 35.5 Å². The fourth-order valence-corrected chi connectivity index (χ4v) is 3.71. The maximum Gasteiger partial charge on any atom is 0.277 e. The van der Waals surface area contributed by atoms with E-state index in [1.165, 1.54) is 5.56 Å². The predicted octanol–water partition coefficient (Wildman–Crippen LogP) is 3.31. The van der Waals surface area contributed by atoms with Gasteiger partial charge in [0.15, 0.2) is 0 Å². The summed E-state index contributed by atoms with van der Waals surface area (Å²) in [5.74, 6) is 1.41. The van der Waals surface area contributed by atoms with Crippen LogP contribution in [0.4, 0.5) is 11.6 Å². The third-order valence-electron chi connectivity index (χ3n) is 5.28. The van der Waals surface area contributed by atoms with Crippen LogP contribution in [0.15, 0.2) is 36.5 Å². The molecule has 5 heteroatoms. The van der Waals surface area contributed by atoms with E-state index in [1.807, 2.05) is 23.1 Å². The van der Waals surface area contributed by atoms with Crippen LogP contribution in [0.25, 0.3) is 0 Å². The molecule has 0 N–H and O–H groups in total. The molecular weight excluding hydrogens is 312 g/mol. The normalized spacial score (nSPS) is 18.1. The Morgan fingerprint density at radius 2 is 1.92 bits per heavy atom. The molecule has 0 radical (unpaired) electrons. The molecule has 2 aliphatic rings. The van der Waals surface area contributed by atoms with Crippen LogP contribution in [0.3, 0.4) is 0 Å². The third kappa shape index (κ3) is 3.23. The van der Waals surface area contributed by atoms with Crippen molar-refractivity contribution in [2.24, 2.45) is 5.92 Å². The molecule has 0 aliphatic carbocycles. The van der Waals surface area contributed by atoms with Gasteiger partial charge in [-0.2, -0.15) is 0 Å². The van der Waals surface area contributed by atoms with Crippen molar-refractivity contribution in [2.45, 2.75) is 32.6 Å². The molecule has 1 fully saturated rings. The minimum Gasteiger partial charge on any atom is -0.341 e. The van der Waals surface area contributed by atoms with Gasteiger partial charge in [0.05, 0.1) is 0 Å². The number of hydrogen-bond donors (Lipinski definition) is 0. The summed E-state index contributed by atoms with van der Waals surface area (Å²) < 4.78 is 0. The van der Waals surface area contributed by atoms with Crippen molar-refractivity contribution < 1.29 is 4.79 Å². The van der Waals surface area contributed by atoms with Gasteiger partial charge in [-0.15, -0.1) is 0 Å². The first-order valence-corrected chi connectivity index (χ1v) is 9.20. The zero-order chi connectivity index (χ0) is 17.2. The number of aromatic nitrogens is 2. The number of piperidine rings is 1. The number of para-hydroxylation sites is 1. The average Bonchev–Trinajstić information content (AvgIpc) is 2.68. The Morgan fingerprint density at radius 3 is 2.76 bits per heavy atom. The molecule has 25 heavy (non-hydrogen) atoms. The highest BCUT2D eigenvalue weighted by Crippen LogP contribution is 2.28. The summed E-state index contributed by atoms with van der Waals surface area (Å²) in [5, 5.41) is 0. The van der Waals surface area contributed by atoms with Crippen molar-refractivity contribution >= 4 is 17.5 Å². The number of rotatable bonds is 2. The van der Waals surface area contributed by atoms with Crippen molar-refractivity contribution in [1.82, 2.24) is 9.97 Å². The van der Waals surface area contributed by atoms with Gasteiger partial charge in [-0.05, 0) is 49.3 Å². The van der Waals surface area contributed by atoms with E-state index in [1.54, 1.807) is 12.3 Å². The summed E-state index contributed by atoms with van der Waals surface area (Å²) in [6.07, 6.45) is 6.04. The topological polar surface area (TPSA) is 49.3 Å². The first-order chi connectivity index (χ1) is 12.2. The van der Waals surface area contributed by atoms with Gasteiger partial charge in [-0.25, -0.2) is 9.97 Å². The summed E-state index contributed by atoms with van der Waals surface area (Å²) in [6, 6.07) is 9.89. The SMILES string of the molecule is CC1CCN(c2nccc(C(=O)N3CCCc4ccccc43)n2)CC1. The van der Waals surface area contributed by atoms with Gasteiger partial charge in [0.1, 0.15) is 5.69 Å². The number of carbonyl (C=O) groups is 1. The lowest BCUT2D eigenvalue weighted by Crippen LogP contribution is -2.37. The Kier molecular flexibility index (Phi) is 4.38. The average molecular weight is 336 g/mol. The summed E-state index contributed by atoms with van der Waals surface area (Å²) >= 11 is 0. The fraction of sp³-hybridized carbons (Fsp3) is 0.450. The van der Waals surface area contributed by atoms with Crippen LogP contribution in [0.5, 0.6) is 0 Å². The zero-order valence-corrected chi connectivity index (χ0v) is 14.7. The van der Waals surface area contributed by atoms with Crippen molar-refractivity contribution in [3.05, 3.63) is 47.8 Å². The van der Waals surface area contributed by atoms with Gasteiger partial charge in [-0.1, -0.05) is 25.1 Å². The maximum absolute atomic E-state index is 13.1. The van der Waals surface area contributed by atoms with Gasteiger partial charge in [0.2, 0.25) is 5.95 Å². The molecule has 0 atom stereocenters. The molecule has 2 aliphatic heterocycles. The fourth-order valence-electron chi connectivity index (χ4n) is 3.71. The molecule has 0 saturated carbocycles. The van der Waals surface area contributed by atoms with E-state index in [0.717, 1.165) is 56.9 Å². The van der Waals surface area contributed by atoms with Gasteiger partial charge < -0.3 is 9.80 Å². The lowest BCUT2D eigenvalue weighted by Gasteiger charge is -2.31. The molecule has 4 rings (SSSR count). The highest BCUT2D eigenvalue weighted by atomic mass is 16.2. The minimum absolute atomic E-state index is 0.0267. The maximum atomic E-state index is 13.1. The first kappa shape index (κ1) is 16.1. The number of benzene rings is 1. The zero-order valence-electron chi connectivity index (χ0n) is 14.7. The number of anilines is 2. The molecule has 1 aromatic heterocycles. The number of nitrogens with zero attached hydrogens (tertiary/aromatic N) is 4. The van der Waals surface area contributed by atoms with Crippen molar-refractivity contribution in [2.75, 3.05) is 29.4 Å². The number of aryl methyl sites for hydroxylation is 1. The Morgan fingerprint density at radius 1 is 1.12 bits per heavy atom. The summed E-state index contributed by atoms with van der Waals surface area (Å²) in [5.41, 5.74) is 2.74. The Balaban J connectivity index is 1.58. The summed E-state index contributed by atoms with van der Waals surface area (Å²) in [4.78, 5) is 26.1. The molecule has 1 amide bonds. The quantitative estimate of drug-likeness (QED) is 0.844. The lowest BCUT2D eigenvalue weighted by atomic mass is 10.00. The lowest BCUT2D eigenvalue weighted by molar-refractivity contribution is 0.0980. The number of fused-ring (bicyclic) bond motifs is 1. The molecule has 1 aromatic carbocycles. The highest BCUT2D eigenvalue weighted by Gasteiger charge is 2.25. The standard InChI is InChI=1S/C20H24N4O/c1-15-9-13-23(14-10-15)20-21-11-8-17(22-20)19(25)24-12-4-6-16-5-2-3-7-18(16)24/h2-3,5,7-8,11,15H,4,6,9-10,12-14H2,1H3. The molecule has 2 aromatic rings. The molecule has 0 spiro atoms. The summed E-state index contributed by atoms with van der Waals surface area (Å²) in [7, 11) is 0. The van der Waals surface area contributed by atoms with E-state index in [2.05, 4.69) is 27.9 Å². The Hall–Kier alpha value is -2.43. The Labute approximate surface area is 148 Å². The van der Waals surface area contributed by atoms with Crippen molar-refractivity contribution in [3.63, 3.8) is 0 Å². The van der Waals surface area contributed by atoms with Gasteiger partial charge >= 0.3 is 0 Å². The minimum atomic E-state index is -0.0267. The number of amides is 1. The predicted molar refractivity (Wildman–Crippen MR) is 99.1 cm³/mol. The highest BCUT2D eigenvalue weighted by molar-refractivity contribution is 6.05. The number of carbonyl (C=O) groups excluding carboxylic acids is 1. The molecule has 5 nitrogen and oxygen atoms in total. The molecule has 0 unspecified atom stereocenters. The first-order valence-electron chi connectivity index (χ1n) is 9.20. The van der Waals surface area contributed by atoms with Crippen LogP contribution < -0.4 is 9.80 Å². The van der Waals surface area contributed by atoms with Gasteiger partial charge in [-0.3, -0.25) is 4.79 Å². The second kappa shape index (κ2) is 6.82. The van der Waals surface area contributed by atoms with E-state index < -0.39 is 0 Å². The van der Waals surface area contributed by atoms with E-state index in [-0.39, 0.29) is 5.91 Å². The molecule has 1 saturated heterocycles. The third-order valence-corrected chi connectivity index (χ3v) is 5.28. The Bertz CT molecular complexity index is 768. The molecule has 130 valence electrons. The second-order valence-corrected chi connectivity index (χ2v) is 7.10. The van der Waals surface area contributed by atoms with Crippen molar-refractivity contribution in [3.8, 4) is 0 Å². The van der Waals surface area contributed by atoms with E-state index in [0.29, 0.717) is 11.6 Å². The van der Waals surface area contributed by atoms with Crippen LogP contribution >= 0.6 is 0 Å². The van der Waals surface area contributed by atoms with Crippen LogP contribution in [0, 0.1) is 5.92 Å². The largest absolute Gasteiger partial charge is 0.341 e. The van der Waals surface area contributed by atoms with Gasteiger partial charge in [0, 0.05) is 31.5 Å². The van der Waals surface area contributed by atoms with Crippen LogP contribution in [0.1, 0.15) is 42.2 Å². The molecular formula is C20H24N4O. The van der Waals surface area contributed by atoms with E-state index >= 15 is 0 Å². The van der Waals surface area contributed by atoms with Crippen LogP contribution in [0.2, 0.25) is 0 Å². The summed E-state index contributed by atoms with van der Waals surface area (Å²) in [6.45, 7) is 4.96. The number of hydrogen-bond acceptors (Lipinski definition) is 4. The molecule has 0 bridgehead atoms.